The van der Waals surface area contributed by atoms with Gasteiger partial charge in [0.05, 0.1) is 22.4 Å². The molecule has 0 bridgehead atoms. The van der Waals surface area contributed by atoms with Crippen molar-refractivity contribution in [3.8, 4) is 11.1 Å². The summed E-state index contributed by atoms with van der Waals surface area (Å²) in [6, 6.07) is 11.4. The monoisotopic (exact) mass is 480 g/mol. The van der Waals surface area contributed by atoms with Gasteiger partial charge >= 0.3 is 6.18 Å². The molecule has 5 rings (SSSR count). The quantitative estimate of drug-likeness (QED) is 0.598. The summed E-state index contributed by atoms with van der Waals surface area (Å²) >= 11 is 0. The van der Waals surface area contributed by atoms with Crippen molar-refractivity contribution >= 4 is 23.4 Å². The van der Waals surface area contributed by atoms with E-state index in [1.54, 1.807) is 24.4 Å². The number of aromatic nitrogens is 1. The van der Waals surface area contributed by atoms with Crippen molar-refractivity contribution in [1.82, 2.24) is 15.2 Å². The first-order valence-corrected chi connectivity index (χ1v) is 10.8. The van der Waals surface area contributed by atoms with Gasteiger partial charge < -0.3 is 15.5 Å². The van der Waals surface area contributed by atoms with Crippen molar-refractivity contribution < 1.29 is 27.6 Å². The van der Waals surface area contributed by atoms with Gasteiger partial charge in [0.2, 0.25) is 5.91 Å². The molecule has 2 atom stereocenters. The summed E-state index contributed by atoms with van der Waals surface area (Å²) in [5.41, 5.74) is 0.746. The number of halogens is 3. The number of benzene rings is 2. The van der Waals surface area contributed by atoms with Crippen molar-refractivity contribution in [2.75, 3.05) is 11.9 Å². The van der Waals surface area contributed by atoms with Crippen molar-refractivity contribution in [1.29, 1.82) is 0 Å². The Morgan fingerprint density at radius 2 is 1.86 bits per heavy atom. The first kappa shape index (κ1) is 22.6. The standard InChI is InChI=1S/C25H19F3N4O3/c26-25(27,28)17-5-1-3-14(9-17)15-6-7-20-19(10-15)24(35)32-13-18(11-21(32)23(34)31-20)30-22(33)16-4-2-8-29-12-16/h1-10,12,18,21H,11,13H2,(H,30,33)(H,31,34)/t18-,21-/m0/s1. The summed E-state index contributed by atoms with van der Waals surface area (Å²) in [6.07, 6.45) is -1.29. The summed E-state index contributed by atoms with van der Waals surface area (Å²) in [6.45, 7) is 0.121. The van der Waals surface area contributed by atoms with Gasteiger partial charge in [-0.05, 0) is 53.9 Å². The molecule has 3 aromatic rings. The molecule has 35 heavy (non-hydrogen) atoms. The van der Waals surface area contributed by atoms with Gasteiger partial charge in [-0.1, -0.05) is 18.2 Å². The van der Waals surface area contributed by atoms with Crippen LogP contribution in [0, 0.1) is 0 Å². The van der Waals surface area contributed by atoms with Crippen LogP contribution in [-0.4, -0.2) is 46.2 Å². The molecule has 2 aromatic carbocycles. The first-order valence-electron chi connectivity index (χ1n) is 10.8. The van der Waals surface area contributed by atoms with Crippen LogP contribution in [0.5, 0.6) is 0 Å². The number of anilines is 1. The molecule has 10 heteroatoms. The van der Waals surface area contributed by atoms with E-state index in [-0.39, 0.29) is 30.3 Å². The van der Waals surface area contributed by atoms with Gasteiger partial charge in [0.15, 0.2) is 0 Å². The number of rotatable bonds is 3. The molecule has 1 saturated heterocycles. The zero-order valence-corrected chi connectivity index (χ0v) is 18.2. The van der Waals surface area contributed by atoms with Gasteiger partial charge in [-0.15, -0.1) is 0 Å². The number of carbonyl (C=O) groups is 3. The van der Waals surface area contributed by atoms with E-state index in [0.29, 0.717) is 22.4 Å². The second-order valence-electron chi connectivity index (χ2n) is 8.45. The Labute approximate surface area is 198 Å². The van der Waals surface area contributed by atoms with Gasteiger partial charge in [0.25, 0.3) is 11.8 Å². The van der Waals surface area contributed by atoms with Gasteiger partial charge in [0.1, 0.15) is 6.04 Å². The highest BCUT2D eigenvalue weighted by Gasteiger charge is 2.43. The molecule has 2 aliphatic rings. The number of amides is 3. The Morgan fingerprint density at radius 3 is 2.60 bits per heavy atom. The minimum absolute atomic E-state index is 0.121. The van der Waals surface area contributed by atoms with E-state index in [2.05, 4.69) is 15.6 Å². The second-order valence-corrected chi connectivity index (χ2v) is 8.45. The number of hydrogen-bond donors (Lipinski definition) is 2. The van der Waals surface area contributed by atoms with Crippen LogP contribution in [0.2, 0.25) is 0 Å². The highest BCUT2D eigenvalue weighted by Crippen LogP contribution is 2.35. The number of fused-ring (bicyclic) bond motifs is 2. The van der Waals surface area contributed by atoms with E-state index in [1.807, 2.05) is 0 Å². The average Bonchev–Trinajstić information content (AvgIpc) is 3.24. The van der Waals surface area contributed by atoms with Crippen molar-refractivity contribution in [3.63, 3.8) is 0 Å². The molecule has 1 aromatic heterocycles. The van der Waals surface area contributed by atoms with Crippen LogP contribution in [0.4, 0.5) is 18.9 Å². The lowest BCUT2D eigenvalue weighted by Crippen LogP contribution is -2.41. The normalized spacial score (nSPS) is 19.5. The van der Waals surface area contributed by atoms with Crippen molar-refractivity contribution in [2.45, 2.75) is 24.7 Å². The molecule has 0 unspecified atom stereocenters. The van der Waals surface area contributed by atoms with E-state index in [0.717, 1.165) is 12.1 Å². The lowest BCUT2D eigenvalue weighted by Gasteiger charge is -2.20. The summed E-state index contributed by atoms with van der Waals surface area (Å²) in [7, 11) is 0. The molecule has 1 fully saturated rings. The number of hydrogen-bond acceptors (Lipinski definition) is 4. The van der Waals surface area contributed by atoms with Gasteiger partial charge in [-0.3, -0.25) is 19.4 Å². The van der Waals surface area contributed by atoms with Gasteiger partial charge in [0, 0.05) is 25.0 Å². The maximum absolute atomic E-state index is 13.4. The molecule has 0 aliphatic carbocycles. The van der Waals surface area contributed by atoms with Crippen LogP contribution in [0.25, 0.3) is 11.1 Å². The SMILES string of the molecule is O=C(N[C@H]1C[C@H]2C(=O)Nc3ccc(-c4cccc(C(F)(F)F)c4)cc3C(=O)N2C1)c1cccnc1. The summed E-state index contributed by atoms with van der Waals surface area (Å²) < 4.78 is 39.5. The Balaban J connectivity index is 1.41. The molecular weight excluding hydrogens is 461 g/mol. The average molecular weight is 480 g/mol. The lowest BCUT2D eigenvalue weighted by molar-refractivity contribution is -0.137. The molecule has 0 saturated carbocycles. The second kappa shape index (κ2) is 8.53. The van der Waals surface area contributed by atoms with Crippen molar-refractivity contribution in [2.24, 2.45) is 0 Å². The molecule has 3 heterocycles. The third-order valence-electron chi connectivity index (χ3n) is 6.15. The Hall–Kier alpha value is -4.21. The molecule has 0 radical (unpaired) electrons. The highest BCUT2D eigenvalue weighted by atomic mass is 19.4. The van der Waals surface area contributed by atoms with E-state index < -0.39 is 29.7 Å². The van der Waals surface area contributed by atoms with Crippen LogP contribution in [0.3, 0.4) is 0 Å². The topological polar surface area (TPSA) is 91.4 Å². The van der Waals surface area contributed by atoms with Gasteiger partial charge in [-0.25, -0.2) is 0 Å². The molecule has 2 aliphatic heterocycles. The van der Waals surface area contributed by atoms with E-state index in [4.69, 9.17) is 0 Å². The number of nitrogens with zero attached hydrogens (tertiary/aromatic N) is 2. The van der Waals surface area contributed by atoms with Crippen LogP contribution >= 0.6 is 0 Å². The smallest absolute Gasteiger partial charge is 0.347 e. The van der Waals surface area contributed by atoms with Crippen LogP contribution < -0.4 is 10.6 Å². The fourth-order valence-electron chi connectivity index (χ4n) is 4.43. The molecule has 3 amide bonds. The van der Waals surface area contributed by atoms with E-state index in [9.17, 15) is 27.6 Å². The minimum atomic E-state index is -4.50. The van der Waals surface area contributed by atoms with Crippen LogP contribution in [-0.2, 0) is 11.0 Å². The Morgan fingerprint density at radius 1 is 1.06 bits per heavy atom. The third kappa shape index (κ3) is 4.34. The first-order chi connectivity index (χ1) is 16.7. The van der Waals surface area contributed by atoms with E-state index >= 15 is 0 Å². The van der Waals surface area contributed by atoms with Gasteiger partial charge in [-0.2, -0.15) is 13.2 Å². The predicted molar refractivity (Wildman–Crippen MR) is 120 cm³/mol. The van der Waals surface area contributed by atoms with Crippen LogP contribution in [0.1, 0.15) is 32.7 Å². The number of carbonyl (C=O) groups excluding carboxylic acids is 3. The summed E-state index contributed by atoms with van der Waals surface area (Å²) in [5.74, 6) is -1.18. The maximum atomic E-state index is 13.4. The zero-order valence-electron chi connectivity index (χ0n) is 18.2. The number of pyridine rings is 1. The lowest BCUT2D eigenvalue weighted by atomic mass is 9.99. The molecular formula is C25H19F3N4O3. The van der Waals surface area contributed by atoms with Crippen LogP contribution in [0.15, 0.2) is 67.0 Å². The zero-order chi connectivity index (χ0) is 24.7. The number of nitrogens with one attached hydrogen (secondary N) is 2. The van der Waals surface area contributed by atoms with Crippen molar-refractivity contribution in [3.05, 3.63) is 83.7 Å². The Kier molecular flexibility index (Phi) is 5.50. The minimum Gasteiger partial charge on any atom is -0.347 e. The predicted octanol–water partition coefficient (Wildman–Crippen LogP) is 3.73. The van der Waals surface area contributed by atoms with E-state index in [1.165, 1.54) is 35.4 Å². The molecule has 0 spiro atoms. The molecule has 178 valence electrons. The highest BCUT2D eigenvalue weighted by molar-refractivity contribution is 6.11. The number of alkyl halides is 3. The largest absolute Gasteiger partial charge is 0.416 e. The summed E-state index contributed by atoms with van der Waals surface area (Å²) in [5, 5.41) is 5.58. The summed E-state index contributed by atoms with van der Waals surface area (Å²) in [4.78, 5) is 44.1. The molecule has 2 N–H and O–H groups in total. The maximum Gasteiger partial charge on any atom is 0.416 e. The Bertz CT molecular complexity index is 1330. The third-order valence-corrected chi connectivity index (χ3v) is 6.15. The fourth-order valence-corrected chi connectivity index (χ4v) is 4.43. The molecule has 7 nitrogen and oxygen atoms in total. The fraction of sp³-hybridized carbons (Fsp3) is 0.200.